The maximum absolute atomic E-state index is 12.7. The summed E-state index contributed by atoms with van der Waals surface area (Å²) in [4.78, 5) is 25.1. The minimum Gasteiger partial charge on any atom is -0.484 e. The Morgan fingerprint density at radius 2 is 1.72 bits per heavy atom. The van der Waals surface area contributed by atoms with Gasteiger partial charge in [0, 0.05) is 10.5 Å². The number of para-hydroxylation sites is 1. The van der Waals surface area contributed by atoms with E-state index in [1.54, 1.807) is 24.3 Å². The van der Waals surface area contributed by atoms with E-state index in [1.165, 1.54) is 6.42 Å². The molecule has 1 saturated carbocycles. The number of amides is 2. The largest absolute Gasteiger partial charge is 0.484 e. The number of ether oxygens (including phenoxy) is 1. The highest BCUT2D eigenvalue weighted by Crippen LogP contribution is 2.26. The average Bonchev–Trinajstić information content (AvgIpc) is 2.71. The molecule has 154 valence electrons. The summed E-state index contributed by atoms with van der Waals surface area (Å²) in [6.45, 7) is 3.83. The smallest absolute Gasteiger partial charge is 0.262 e. The summed E-state index contributed by atoms with van der Waals surface area (Å²) in [5.74, 6) is 0.190. The zero-order chi connectivity index (χ0) is 20.8. The molecule has 6 heteroatoms. The van der Waals surface area contributed by atoms with E-state index < -0.39 is 0 Å². The van der Waals surface area contributed by atoms with Crippen molar-refractivity contribution in [3.8, 4) is 5.75 Å². The van der Waals surface area contributed by atoms with E-state index in [1.807, 2.05) is 26.0 Å². The molecule has 0 atom stereocenters. The minimum absolute atomic E-state index is 0.126. The maximum Gasteiger partial charge on any atom is 0.262 e. The van der Waals surface area contributed by atoms with Crippen molar-refractivity contribution in [1.82, 2.24) is 5.32 Å². The summed E-state index contributed by atoms with van der Waals surface area (Å²) < 4.78 is 6.68. The van der Waals surface area contributed by atoms with E-state index >= 15 is 0 Å². The fraction of sp³-hybridized carbons (Fsp3) is 0.391. The van der Waals surface area contributed by atoms with Gasteiger partial charge >= 0.3 is 0 Å². The third-order valence-corrected chi connectivity index (χ3v) is 6.42. The SMILES string of the molecule is Cc1cc(OCC(=O)Nc2ccccc2C(=O)NC2CCCCC2)cc(C)c1Br. The number of carbonyl (C=O) groups is 2. The first-order valence-electron chi connectivity index (χ1n) is 10.0. The van der Waals surface area contributed by atoms with Gasteiger partial charge in [0.05, 0.1) is 11.3 Å². The Balaban J connectivity index is 1.61. The van der Waals surface area contributed by atoms with Crippen molar-refractivity contribution >= 4 is 33.4 Å². The normalized spacial score (nSPS) is 14.3. The van der Waals surface area contributed by atoms with E-state index in [0.29, 0.717) is 17.0 Å². The average molecular weight is 459 g/mol. The molecule has 0 bridgehead atoms. The summed E-state index contributed by atoms with van der Waals surface area (Å²) in [5.41, 5.74) is 3.06. The fourth-order valence-corrected chi connectivity index (χ4v) is 3.85. The highest BCUT2D eigenvalue weighted by atomic mass is 79.9. The molecule has 2 aromatic rings. The van der Waals surface area contributed by atoms with Gasteiger partial charge in [-0.3, -0.25) is 9.59 Å². The number of benzene rings is 2. The second-order valence-corrected chi connectivity index (χ2v) is 8.35. The lowest BCUT2D eigenvalue weighted by atomic mass is 9.95. The minimum atomic E-state index is -0.304. The van der Waals surface area contributed by atoms with Crippen LogP contribution in [0.4, 0.5) is 5.69 Å². The molecule has 0 aromatic heterocycles. The third-order valence-electron chi connectivity index (χ3n) is 5.17. The molecule has 2 aromatic carbocycles. The zero-order valence-corrected chi connectivity index (χ0v) is 18.5. The number of hydrogen-bond acceptors (Lipinski definition) is 3. The van der Waals surface area contributed by atoms with Gasteiger partial charge in [0.15, 0.2) is 6.61 Å². The van der Waals surface area contributed by atoms with Crippen LogP contribution in [-0.4, -0.2) is 24.5 Å². The van der Waals surface area contributed by atoms with E-state index in [-0.39, 0.29) is 24.5 Å². The fourth-order valence-electron chi connectivity index (χ4n) is 3.62. The van der Waals surface area contributed by atoms with Crippen LogP contribution in [0, 0.1) is 13.8 Å². The first-order chi connectivity index (χ1) is 13.9. The Morgan fingerprint density at radius 3 is 2.41 bits per heavy atom. The van der Waals surface area contributed by atoms with Crippen molar-refractivity contribution in [2.24, 2.45) is 0 Å². The molecule has 29 heavy (non-hydrogen) atoms. The molecule has 0 saturated heterocycles. The molecule has 0 radical (unpaired) electrons. The van der Waals surface area contributed by atoms with Crippen LogP contribution in [0.1, 0.15) is 53.6 Å². The van der Waals surface area contributed by atoms with Crippen LogP contribution in [0.5, 0.6) is 5.75 Å². The van der Waals surface area contributed by atoms with Crippen LogP contribution in [0.3, 0.4) is 0 Å². The van der Waals surface area contributed by atoms with Gasteiger partial charge in [-0.1, -0.05) is 47.3 Å². The second kappa shape index (κ2) is 9.92. The summed E-state index contributed by atoms with van der Waals surface area (Å²) >= 11 is 3.52. The molecule has 2 N–H and O–H groups in total. The van der Waals surface area contributed by atoms with Crippen LogP contribution >= 0.6 is 15.9 Å². The molecular formula is C23H27BrN2O3. The molecule has 1 fully saturated rings. The molecule has 5 nitrogen and oxygen atoms in total. The number of aryl methyl sites for hydroxylation is 2. The van der Waals surface area contributed by atoms with Crippen LogP contribution in [0.2, 0.25) is 0 Å². The Hall–Kier alpha value is -2.34. The molecule has 1 aliphatic rings. The van der Waals surface area contributed by atoms with Gasteiger partial charge in [0.1, 0.15) is 5.75 Å². The van der Waals surface area contributed by atoms with Crippen molar-refractivity contribution in [3.05, 3.63) is 57.6 Å². The van der Waals surface area contributed by atoms with E-state index in [2.05, 4.69) is 26.6 Å². The number of nitrogens with one attached hydrogen (secondary N) is 2. The number of rotatable bonds is 6. The second-order valence-electron chi connectivity index (χ2n) is 7.56. The summed E-state index contributed by atoms with van der Waals surface area (Å²) in [6.07, 6.45) is 5.56. The highest BCUT2D eigenvalue weighted by Gasteiger charge is 2.19. The molecule has 0 spiro atoms. The van der Waals surface area contributed by atoms with Gasteiger partial charge in [-0.15, -0.1) is 0 Å². The molecule has 3 rings (SSSR count). The lowest BCUT2D eigenvalue weighted by Crippen LogP contribution is -2.36. The molecule has 0 aliphatic heterocycles. The Kier molecular flexibility index (Phi) is 7.31. The third kappa shape index (κ3) is 5.82. The predicted molar refractivity (Wildman–Crippen MR) is 119 cm³/mol. The lowest BCUT2D eigenvalue weighted by Gasteiger charge is -2.23. The van der Waals surface area contributed by atoms with Gasteiger partial charge in [-0.25, -0.2) is 0 Å². The lowest BCUT2D eigenvalue weighted by molar-refractivity contribution is -0.118. The predicted octanol–water partition coefficient (Wildman–Crippen LogP) is 5.15. The van der Waals surface area contributed by atoms with Crippen molar-refractivity contribution in [2.45, 2.75) is 52.0 Å². The first kappa shape index (κ1) is 21.4. The van der Waals surface area contributed by atoms with E-state index in [9.17, 15) is 9.59 Å². The Labute approximate surface area is 180 Å². The summed E-state index contributed by atoms with van der Waals surface area (Å²) in [7, 11) is 0. The van der Waals surface area contributed by atoms with Gasteiger partial charge in [0.25, 0.3) is 11.8 Å². The highest BCUT2D eigenvalue weighted by molar-refractivity contribution is 9.10. The summed E-state index contributed by atoms with van der Waals surface area (Å²) in [5, 5.41) is 5.90. The molecule has 2 amide bonds. The molecular weight excluding hydrogens is 432 g/mol. The van der Waals surface area contributed by atoms with E-state index in [4.69, 9.17) is 4.74 Å². The van der Waals surface area contributed by atoms with Crippen LogP contribution in [-0.2, 0) is 4.79 Å². The molecule has 1 aliphatic carbocycles. The van der Waals surface area contributed by atoms with Crippen LogP contribution in [0.15, 0.2) is 40.9 Å². The molecule has 0 unspecified atom stereocenters. The number of anilines is 1. The zero-order valence-electron chi connectivity index (χ0n) is 16.9. The van der Waals surface area contributed by atoms with Gasteiger partial charge in [-0.05, 0) is 62.1 Å². The van der Waals surface area contributed by atoms with Crippen molar-refractivity contribution in [3.63, 3.8) is 0 Å². The maximum atomic E-state index is 12.7. The van der Waals surface area contributed by atoms with Crippen LogP contribution in [0.25, 0.3) is 0 Å². The van der Waals surface area contributed by atoms with Crippen molar-refractivity contribution < 1.29 is 14.3 Å². The van der Waals surface area contributed by atoms with Crippen molar-refractivity contribution in [1.29, 1.82) is 0 Å². The van der Waals surface area contributed by atoms with Crippen molar-refractivity contribution in [2.75, 3.05) is 11.9 Å². The Morgan fingerprint density at radius 1 is 1.07 bits per heavy atom. The molecule has 0 heterocycles. The van der Waals surface area contributed by atoms with E-state index in [0.717, 1.165) is 41.3 Å². The van der Waals surface area contributed by atoms with Gasteiger partial charge in [0.2, 0.25) is 0 Å². The first-order valence-corrected chi connectivity index (χ1v) is 10.8. The number of halogens is 1. The van der Waals surface area contributed by atoms with Crippen LogP contribution < -0.4 is 15.4 Å². The summed E-state index contributed by atoms with van der Waals surface area (Å²) in [6, 6.07) is 11.1. The Bertz CT molecular complexity index is 868. The topological polar surface area (TPSA) is 67.4 Å². The monoisotopic (exact) mass is 458 g/mol. The standard InChI is InChI=1S/C23H27BrN2O3/c1-15-12-18(13-16(2)22(15)24)29-14-21(27)26-20-11-7-6-10-19(20)23(28)25-17-8-4-3-5-9-17/h6-7,10-13,17H,3-5,8-9,14H2,1-2H3,(H,25,28)(H,26,27). The quantitative estimate of drug-likeness (QED) is 0.628. The number of hydrogen-bond donors (Lipinski definition) is 2. The van der Waals surface area contributed by atoms with Gasteiger partial charge < -0.3 is 15.4 Å². The van der Waals surface area contributed by atoms with Gasteiger partial charge in [-0.2, -0.15) is 0 Å². The number of carbonyl (C=O) groups excluding carboxylic acids is 2.